The largest absolute Gasteiger partial charge is 0.447 e. The van der Waals surface area contributed by atoms with Crippen molar-refractivity contribution in [2.75, 3.05) is 6.61 Å². The Bertz CT molecular complexity index is 600. The Morgan fingerprint density at radius 3 is 2.48 bits per heavy atom. The molecular weight excluding hydrogens is 294 g/mol. The van der Waals surface area contributed by atoms with E-state index < -0.39 is 6.09 Å². The Kier molecular flexibility index (Phi) is 4.88. The number of ether oxygens (including phenoxy) is 1. The minimum Gasteiger partial charge on any atom is -0.447 e. The van der Waals surface area contributed by atoms with E-state index in [4.69, 9.17) is 4.74 Å². The van der Waals surface area contributed by atoms with E-state index >= 15 is 0 Å². The van der Waals surface area contributed by atoms with E-state index in [9.17, 15) is 14.4 Å². The number of imide groups is 1. The molecule has 1 aliphatic heterocycles. The van der Waals surface area contributed by atoms with Crippen molar-refractivity contribution in [2.24, 2.45) is 5.41 Å². The molecule has 0 N–H and O–H groups in total. The van der Waals surface area contributed by atoms with Gasteiger partial charge in [-0.2, -0.15) is 0 Å². The SMILES string of the molecule is C[C@H](CC(=O)N1C(=O)OCC1C(C)(C)C)c1ccc(C=O)cc1. The molecule has 2 atom stereocenters. The topological polar surface area (TPSA) is 63.7 Å². The maximum absolute atomic E-state index is 12.6. The van der Waals surface area contributed by atoms with Gasteiger partial charge in [-0.25, -0.2) is 9.69 Å². The summed E-state index contributed by atoms with van der Waals surface area (Å²) in [7, 11) is 0. The number of carbonyl (C=O) groups is 3. The van der Waals surface area contributed by atoms with Crippen LogP contribution in [0.1, 0.15) is 56.0 Å². The molecule has 0 radical (unpaired) electrons. The van der Waals surface area contributed by atoms with Gasteiger partial charge in [-0.05, 0) is 16.9 Å². The molecule has 1 heterocycles. The van der Waals surface area contributed by atoms with Crippen molar-refractivity contribution in [3.05, 3.63) is 35.4 Å². The molecule has 0 bridgehead atoms. The van der Waals surface area contributed by atoms with Crippen molar-refractivity contribution < 1.29 is 19.1 Å². The molecule has 5 heteroatoms. The molecule has 2 rings (SSSR count). The molecule has 1 unspecified atom stereocenters. The number of nitrogens with zero attached hydrogens (tertiary/aromatic N) is 1. The maximum Gasteiger partial charge on any atom is 0.416 e. The van der Waals surface area contributed by atoms with Crippen LogP contribution in [0.25, 0.3) is 0 Å². The summed E-state index contributed by atoms with van der Waals surface area (Å²) >= 11 is 0. The number of aldehydes is 1. The summed E-state index contributed by atoms with van der Waals surface area (Å²) in [5, 5.41) is 0. The molecule has 124 valence electrons. The first-order valence-corrected chi connectivity index (χ1v) is 7.78. The summed E-state index contributed by atoms with van der Waals surface area (Å²) in [4.78, 5) is 36.5. The quantitative estimate of drug-likeness (QED) is 0.799. The predicted molar refractivity (Wildman–Crippen MR) is 86.3 cm³/mol. The average molecular weight is 317 g/mol. The molecule has 5 nitrogen and oxygen atoms in total. The van der Waals surface area contributed by atoms with Gasteiger partial charge in [0.15, 0.2) is 0 Å². The van der Waals surface area contributed by atoms with Crippen molar-refractivity contribution >= 4 is 18.3 Å². The lowest BCUT2D eigenvalue weighted by Crippen LogP contribution is -2.46. The zero-order valence-electron chi connectivity index (χ0n) is 14.0. The summed E-state index contributed by atoms with van der Waals surface area (Å²) in [6.07, 6.45) is 0.453. The van der Waals surface area contributed by atoms with Crippen LogP contribution in [0.15, 0.2) is 24.3 Å². The Labute approximate surface area is 136 Å². The molecule has 1 aromatic carbocycles. The number of hydrogen-bond acceptors (Lipinski definition) is 4. The minimum absolute atomic E-state index is 0.0442. The van der Waals surface area contributed by atoms with Crippen molar-refractivity contribution in [2.45, 2.75) is 46.1 Å². The van der Waals surface area contributed by atoms with Crippen LogP contribution in [0, 0.1) is 5.41 Å². The average Bonchev–Trinajstić information content (AvgIpc) is 2.89. The van der Waals surface area contributed by atoms with Crippen molar-refractivity contribution in [1.29, 1.82) is 0 Å². The second-order valence-electron chi connectivity index (χ2n) is 7.11. The van der Waals surface area contributed by atoms with E-state index in [0.29, 0.717) is 5.56 Å². The van der Waals surface area contributed by atoms with Crippen molar-refractivity contribution in [1.82, 2.24) is 4.90 Å². The lowest BCUT2D eigenvalue weighted by atomic mass is 9.86. The van der Waals surface area contributed by atoms with Gasteiger partial charge in [0.25, 0.3) is 0 Å². The zero-order chi connectivity index (χ0) is 17.2. The minimum atomic E-state index is -0.557. The van der Waals surface area contributed by atoms with Crippen molar-refractivity contribution in [3.63, 3.8) is 0 Å². The Morgan fingerprint density at radius 2 is 1.96 bits per heavy atom. The van der Waals surface area contributed by atoms with E-state index in [1.165, 1.54) is 4.90 Å². The lowest BCUT2D eigenvalue weighted by Gasteiger charge is -2.31. The van der Waals surface area contributed by atoms with Gasteiger partial charge in [0, 0.05) is 12.0 Å². The predicted octanol–water partition coefficient (Wildman–Crippen LogP) is 3.39. The molecule has 0 aliphatic carbocycles. The fourth-order valence-electron chi connectivity index (χ4n) is 2.72. The van der Waals surface area contributed by atoms with E-state index in [1.54, 1.807) is 12.1 Å². The lowest BCUT2D eigenvalue weighted by molar-refractivity contribution is -0.131. The van der Waals surface area contributed by atoms with Crippen LogP contribution < -0.4 is 0 Å². The number of benzene rings is 1. The molecule has 1 aliphatic rings. The van der Waals surface area contributed by atoms with Crippen LogP contribution >= 0.6 is 0 Å². The molecular formula is C18H23NO4. The van der Waals surface area contributed by atoms with E-state index in [0.717, 1.165) is 11.8 Å². The third kappa shape index (κ3) is 3.78. The highest BCUT2D eigenvalue weighted by atomic mass is 16.6. The van der Waals surface area contributed by atoms with Crippen LogP contribution in [-0.2, 0) is 9.53 Å². The standard InChI is InChI=1S/C18H23NO4/c1-12(14-7-5-13(10-20)6-8-14)9-16(21)19-15(18(2,3)4)11-23-17(19)22/h5-8,10,12,15H,9,11H2,1-4H3/t12-,15?/m1/s1. The molecule has 0 aromatic heterocycles. The molecule has 0 spiro atoms. The van der Waals surface area contributed by atoms with E-state index in [2.05, 4.69) is 0 Å². The number of cyclic esters (lactones) is 1. The number of carbonyl (C=O) groups excluding carboxylic acids is 3. The molecule has 1 aromatic rings. The van der Waals surface area contributed by atoms with Gasteiger partial charge in [-0.15, -0.1) is 0 Å². The third-order valence-corrected chi connectivity index (χ3v) is 4.26. The Balaban J connectivity index is 2.10. The Hall–Kier alpha value is -2.17. The van der Waals surface area contributed by atoms with Gasteiger partial charge < -0.3 is 4.74 Å². The second-order valence-corrected chi connectivity index (χ2v) is 7.11. The number of rotatable bonds is 4. The van der Waals surface area contributed by atoms with Crippen LogP contribution in [-0.4, -0.2) is 35.8 Å². The fraction of sp³-hybridized carbons (Fsp3) is 0.500. The van der Waals surface area contributed by atoms with Crippen LogP contribution in [0.2, 0.25) is 0 Å². The van der Waals surface area contributed by atoms with Crippen LogP contribution in [0.3, 0.4) is 0 Å². The molecule has 23 heavy (non-hydrogen) atoms. The molecule has 0 saturated carbocycles. The summed E-state index contributed by atoms with van der Waals surface area (Å²) in [5.41, 5.74) is 1.34. The van der Waals surface area contributed by atoms with Gasteiger partial charge >= 0.3 is 6.09 Å². The van der Waals surface area contributed by atoms with E-state index in [1.807, 2.05) is 39.8 Å². The number of hydrogen-bond donors (Lipinski definition) is 0. The monoisotopic (exact) mass is 317 g/mol. The first kappa shape index (κ1) is 17.2. The summed E-state index contributed by atoms with van der Waals surface area (Å²) in [6, 6.07) is 6.89. The van der Waals surface area contributed by atoms with Gasteiger partial charge in [0.2, 0.25) is 5.91 Å². The molecule has 1 saturated heterocycles. The number of amides is 2. The third-order valence-electron chi connectivity index (χ3n) is 4.26. The molecule has 2 amide bonds. The highest BCUT2D eigenvalue weighted by Crippen LogP contribution is 2.31. The second kappa shape index (κ2) is 6.52. The van der Waals surface area contributed by atoms with Gasteiger partial charge in [-0.3, -0.25) is 9.59 Å². The zero-order valence-corrected chi connectivity index (χ0v) is 14.0. The van der Waals surface area contributed by atoms with Crippen LogP contribution in [0.4, 0.5) is 4.79 Å². The van der Waals surface area contributed by atoms with E-state index in [-0.39, 0.29) is 36.3 Å². The summed E-state index contributed by atoms with van der Waals surface area (Å²) in [5.74, 6) is -0.267. The fourth-order valence-corrected chi connectivity index (χ4v) is 2.72. The Morgan fingerprint density at radius 1 is 1.35 bits per heavy atom. The molecule has 1 fully saturated rings. The normalized spacial score (nSPS) is 19.4. The smallest absolute Gasteiger partial charge is 0.416 e. The first-order valence-electron chi connectivity index (χ1n) is 7.78. The van der Waals surface area contributed by atoms with Gasteiger partial charge in [0.1, 0.15) is 12.9 Å². The maximum atomic E-state index is 12.6. The first-order chi connectivity index (χ1) is 10.7. The highest BCUT2D eigenvalue weighted by Gasteiger charge is 2.44. The van der Waals surface area contributed by atoms with Crippen molar-refractivity contribution in [3.8, 4) is 0 Å². The van der Waals surface area contributed by atoms with Crippen LogP contribution in [0.5, 0.6) is 0 Å². The highest BCUT2D eigenvalue weighted by molar-refractivity contribution is 5.94. The van der Waals surface area contributed by atoms with Gasteiger partial charge in [0.05, 0.1) is 6.04 Å². The summed E-state index contributed by atoms with van der Waals surface area (Å²) in [6.45, 7) is 8.14. The van der Waals surface area contributed by atoms with Gasteiger partial charge in [-0.1, -0.05) is 52.0 Å². The summed E-state index contributed by atoms with van der Waals surface area (Å²) < 4.78 is 5.07.